The lowest BCUT2D eigenvalue weighted by Crippen LogP contribution is -2.28. The Morgan fingerprint density at radius 3 is 1.67 bits per heavy atom. The summed E-state index contributed by atoms with van der Waals surface area (Å²) in [5.74, 6) is 1.60. The SMILES string of the molecule is CCC(c1cc(C(C)(C)C)cc(CC(C)(C)C)c1OC(C)(C)C)C(C)(C)C. The highest BCUT2D eigenvalue weighted by molar-refractivity contribution is 5.49. The van der Waals surface area contributed by atoms with Gasteiger partial charge >= 0.3 is 0 Å². The van der Waals surface area contributed by atoms with E-state index in [1.54, 1.807) is 0 Å². The molecule has 0 heterocycles. The van der Waals surface area contributed by atoms with Gasteiger partial charge in [0.25, 0.3) is 0 Å². The van der Waals surface area contributed by atoms with Crippen molar-refractivity contribution in [2.75, 3.05) is 0 Å². The van der Waals surface area contributed by atoms with E-state index in [0.29, 0.717) is 5.92 Å². The maximum atomic E-state index is 6.66. The molecule has 0 radical (unpaired) electrons. The molecule has 1 nitrogen and oxygen atoms in total. The topological polar surface area (TPSA) is 9.23 Å². The van der Waals surface area contributed by atoms with Crippen LogP contribution in [0, 0.1) is 10.8 Å². The summed E-state index contributed by atoms with van der Waals surface area (Å²) in [6, 6.07) is 4.85. The van der Waals surface area contributed by atoms with E-state index in [4.69, 9.17) is 4.74 Å². The van der Waals surface area contributed by atoms with E-state index in [0.717, 1.165) is 18.6 Å². The minimum atomic E-state index is -0.208. The fourth-order valence-electron chi connectivity index (χ4n) is 3.84. The van der Waals surface area contributed by atoms with Gasteiger partial charge in [-0.3, -0.25) is 0 Å². The Balaban J connectivity index is 3.85. The maximum absolute atomic E-state index is 6.66. The summed E-state index contributed by atoms with van der Waals surface area (Å²) in [6.07, 6.45) is 2.14. The van der Waals surface area contributed by atoms with Crippen LogP contribution in [0.4, 0.5) is 0 Å². The zero-order valence-corrected chi connectivity index (χ0v) is 20.6. The van der Waals surface area contributed by atoms with Crippen LogP contribution < -0.4 is 4.74 Å². The van der Waals surface area contributed by atoms with Crippen molar-refractivity contribution in [3.63, 3.8) is 0 Å². The standard InChI is InChI=1S/C26H46O/c1-14-21(25(8,9)10)20-16-19(24(5,6)7)15-18(17-23(2,3)4)22(20)27-26(11,12)13/h15-16,21H,14,17H2,1-13H3. The van der Waals surface area contributed by atoms with Crippen molar-refractivity contribution in [1.29, 1.82) is 0 Å². The molecule has 0 fully saturated rings. The average molecular weight is 375 g/mol. The average Bonchev–Trinajstić information content (AvgIpc) is 2.36. The summed E-state index contributed by atoms with van der Waals surface area (Å²) >= 11 is 0. The number of hydrogen-bond donors (Lipinski definition) is 0. The van der Waals surface area contributed by atoms with Gasteiger partial charge in [-0.1, -0.05) is 81.4 Å². The van der Waals surface area contributed by atoms with Gasteiger partial charge < -0.3 is 4.74 Å². The van der Waals surface area contributed by atoms with Gasteiger partial charge in [0.1, 0.15) is 11.4 Å². The van der Waals surface area contributed by atoms with Gasteiger partial charge in [0.15, 0.2) is 0 Å². The smallest absolute Gasteiger partial charge is 0.126 e. The van der Waals surface area contributed by atoms with Crippen LogP contribution in [-0.4, -0.2) is 5.60 Å². The van der Waals surface area contributed by atoms with Crippen LogP contribution >= 0.6 is 0 Å². The molecule has 1 unspecified atom stereocenters. The van der Waals surface area contributed by atoms with Crippen LogP contribution in [0.3, 0.4) is 0 Å². The molecule has 1 aromatic carbocycles. The van der Waals surface area contributed by atoms with Gasteiger partial charge in [-0.25, -0.2) is 0 Å². The monoisotopic (exact) mass is 374 g/mol. The van der Waals surface area contributed by atoms with Crippen molar-refractivity contribution < 1.29 is 4.74 Å². The fourth-order valence-corrected chi connectivity index (χ4v) is 3.84. The summed E-state index contributed by atoms with van der Waals surface area (Å²) in [4.78, 5) is 0. The fraction of sp³-hybridized carbons (Fsp3) is 0.769. The first-order valence-electron chi connectivity index (χ1n) is 10.7. The molecule has 0 aliphatic carbocycles. The zero-order valence-electron chi connectivity index (χ0n) is 20.6. The van der Waals surface area contributed by atoms with Gasteiger partial charge in [0.2, 0.25) is 0 Å². The van der Waals surface area contributed by atoms with Crippen LogP contribution in [-0.2, 0) is 11.8 Å². The van der Waals surface area contributed by atoms with E-state index >= 15 is 0 Å². The summed E-state index contributed by atoms with van der Waals surface area (Å²) < 4.78 is 6.66. The lowest BCUT2D eigenvalue weighted by Gasteiger charge is -2.36. The Morgan fingerprint density at radius 1 is 0.815 bits per heavy atom. The van der Waals surface area contributed by atoms with Crippen LogP contribution in [0.25, 0.3) is 0 Å². The Hall–Kier alpha value is -0.980. The highest BCUT2D eigenvalue weighted by atomic mass is 16.5. The second-order valence-corrected chi connectivity index (χ2v) is 12.6. The third kappa shape index (κ3) is 7.16. The lowest BCUT2D eigenvalue weighted by atomic mass is 9.72. The number of ether oxygens (including phenoxy) is 1. The van der Waals surface area contributed by atoms with Crippen molar-refractivity contribution in [3.8, 4) is 5.75 Å². The van der Waals surface area contributed by atoms with E-state index in [1.807, 2.05) is 0 Å². The van der Waals surface area contributed by atoms with E-state index < -0.39 is 0 Å². The molecule has 0 amide bonds. The lowest BCUT2D eigenvalue weighted by molar-refractivity contribution is 0.124. The summed E-state index contributed by atoms with van der Waals surface area (Å²) in [5, 5.41) is 0. The molecular weight excluding hydrogens is 328 g/mol. The van der Waals surface area contributed by atoms with Gasteiger partial charge in [0, 0.05) is 0 Å². The molecule has 0 spiro atoms. The Kier molecular flexibility index (Phi) is 6.95. The molecule has 0 N–H and O–H groups in total. The summed E-state index contributed by atoms with van der Waals surface area (Å²) in [7, 11) is 0. The molecule has 27 heavy (non-hydrogen) atoms. The van der Waals surface area contributed by atoms with Crippen molar-refractivity contribution in [2.24, 2.45) is 10.8 Å². The van der Waals surface area contributed by atoms with Crippen molar-refractivity contribution >= 4 is 0 Å². The summed E-state index contributed by atoms with van der Waals surface area (Å²) in [6.45, 7) is 29.8. The molecule has 1 aromatic rings. The largest absolute Gasteiger partial charge is 0.488 e. The van der Waals surface area contributed by atoms with Crippen molar-refractivity contribution in [2.45, 2.75) is 120 Å². The highest BCUT2D eigenvalue weighted by Crippen LogP contribution is 2.46. The third-order valence-electron chi connectivity index (χ3n) is 5.02. The van der Waals surface area contributed by atoms with E-state index in [-0.39, 0.29) is 21.8 Å². The third-order valence-corrected chi connectivity index (χ3v) is 5.02. The van der Waals surface area contributed by atoms with E-state index in [9.17, 15) is 0 Å². The van der Waals surface area contributed by atoms with Gasteiger partial charge in [-0.15, -0.1) is 0 Å². The van der Waals surface area contributed by atoms with Gasteiger partial charge in [0.05, 0.1) is 0 Å². The predicted octanol–water partition coefficient (Wildman–Crippen LogP) is 8.29. The number of rotatable bonds is 4. The number of hydrogen-bond acceptors (Lipinski definition) is 1. The van der Waals surface area contributed by atoms with Crippen LogP contribution in [0.15, 0.2) is 12.1 Å². The molecule has 1 atom stereocenters. The van der Waals surface area contributed by atoms with Crippen molar-refractivity contribution in [3.05, 3.63) is 28.8 Å². The molecule has 1 heteroatoms. The molecular formula is C26H46O. The molecule has 0 saturated carbocycles. The highest BCUT2D eigenvalue weighted by Gasteiger charge is 2.32. The van der Waals surface area contributed by atoms with Crippen LogP contribution in [0.1, 0.15) is 119 Å². The van der Waals surface area contributed by atoms with E-state index in [2.05, 4.69) is 102 Å². The minimum Gasteiger partial charge on any atom is -0.488 e. The number of benzene rings is 1. The Bertz CT molecular complexity index is 624. The quantitative estimate of drug-likeness (QED) is 0.515. The molecule has 0 aliphatic heterocycles. The first-order chi connectivity index (χ1) is 11.8. The van der Waals surface area contributed by atoms with E-state index in [1.165, 1.54) is 16.7 Å². The minimum absolute atomic E-state index is 0.123. The normalized spacial score (nSPS) is 15.0. The van der Waals surface area contributed by atoms with Crippen LogP contribution in [0.2, 0.25) is 0 Å². The maximum Gasteiger partial charge on any atom is 0.126 e. The Morgan fingerprint density at radius 2 is 1.33 bits per heavy atom. The molecule has 0 aromatic heterocycles. The molecule has 0 saturated heterocycles. The molecule has 0 aliphatic rings. The second-order valence-electron chi connectivity index (χ2n) is 12.6. The first kappa shape index (κ1) is 24.1. The molecule has 0 bridgehead atoms. The molecule has 1 rings (SSSR count). The summed E-state index contributed by atoms with van der Waals surface area (Å²) in [5.41, 5.74) is 4.50. The predicted molar refractivity (Wildman–Crippen MR) is 121 cm³/mol. The zero-order chi connectivity index (χ0) is 21.4. The Labute approximate surface area is 170 Å². The second kappa shape index (κ2) is 7.80. The van der Waals surface area contributed by atoms with Crippen LogP contribution in [0.5, 0.6) is 5.75 Å². The van der Waals surface area contributed by atoms with Crippen molar-refractivity contribution in [1.82, 2.24) is 0 Å². The van der Waals surface area contributed by atoms with Gasteiger partial charge in [-0.05, 0) is 72.5 Å². The first-order valence-corrected chi connectivity index (χ1v) is 10.7. The molecule has 156 valence electrons. The van der Waals surface area contributed by atoms with Gasteiger partial charge in [-0.2, -0.15) is 0 Å².